The van der Waals surface area contributed by atoms with Crippen LogP contribution < -0.4 is 16.4 Å². The Hall–Kier alpha value is -1.11. The lowest BCUT2D eigenvalue weighted by Gasteiger charge is -2.14. The summed E-state index contributed by atoms with van der Waals surface area (Å²) in [6.45, 7) is 5.53. The number of nitrogens with two attached hydrogens (primary N) is 1. The van der Waals surface area contributed by atoms with Crippen molar-refractivity contribution in [1.82, 2.24) is 15.5 Å². The molecular formula is C10H19ClN4O2. The van der Waals surface area contributed by atoms with Crippen LogP contribution in [0.15, 0.2) is 12.7 Å². The third-order valence-corrected chi connectivity index (χ3v) is 2.34. The minimum absolute atomic E-state index is 0. The smallest absolute Gasteiger partial charge is 0.321 e. The first-order valence-corrected chi connectivity index (χ1v) is 5.28. The van der Waals surface area contributed by atoms with Gasteiger partial charge in [0.05, 0.1) is 6.54 Å². The van der Waals surface area contributed by atoms with Gasteiger partial charge in [0.15, 0.2) is 0 Å². The van der Waals surface area contributed by atoms with Crippen LogP contribution >= 0.6 is 12.4 Å². The Morgan fingerprint density at radius 2 is 2.24 bits per heavy atom. The molecule has 0 aliphatic carbocycles. The number of urea groups is 1. The summed E-state index contributed by atoms with van der Waals surface area (Å²) in [5.41, 5.74) is 5.70. The maximum Gasteiger partial charge on any atom is 0.321 e. The van der Waals surface area contributed by atoms with E-state index in [9.17, 15) is 9.59 Å². The highest BCUT2D eigenvalue weighted by Gasteiger charge is 2.21. The van der Waals surface area contributed by atoms with E-state index in [2.05, 4.69) is 17.2 Å². The highest BCUT2D eigenvalue weighted by molar-refractivity contribution is 5.95. The van der Waals surface area contributed by atoms with Crippen molar-refractivity contribution in [3.63, 3.8) is 0 Å². The molecule has 1 atom stereocenters. The van der Waals surface area contributed by atoms with Crippen molar-refractivity contribution in [3.8, 4) is 0 Å². The predicted octanol–water partition coefficient (Wildman–Crippen LogP) is -0.547. The fourth-order valence-electron chi connectivity index (χ4n) is 1.58. The monoisotopic (exact) mass is 262 g/mol. The van der Waals surface area contributed by atoms with E-state index < -0.39 is 6.03 Å². The second-order valence-electron chi connectivity index (χ2n) is 3.83. The summed E-state index contributed by atoms with van der Waals surface area (Å²) in [7, 11) is 0. The molecule has 0 bridgehead atoms. The van der Waals surface area contributed by atoms with Crippen molar-refractivity contribution >= 4 is 24.3 Å². The van der Waals surface area contributed by atoms with Crippen LogP contribution in [0.3, 0.4) is 0 Å². The number of amides is 3. The van der Waals surface area contributed by atoms with E-state index in [0.717, 1.165) is 13.0 Å². The van der Waals surface area contributed by atoms with Crippen LogP contribution in [0.4, 0.5) is 4.79 Å². The summed E-state index contributed by atoms with van der Waals surface area (Å²) in [6.07, 6.45) is 2.44. The summed E-state index contributed by atoms with van der Waals surface area (Å²) in [6, 6.07) is -0.351. The van der Waals surface area contributed by atoms with E-state index in [1.807, 2.05) is 4.90 Å². The molecule has 1 fully saturated rings. The number of nitrogens with one attached hydrogen (secondary N) is 2. The van der Waals surface area contributed by atoms with Gasteiger partial charge >= 0.3 is 6.03 Å². The van der Waals surface area contributed by atoms with Crippen molar-refractivity contribution < 1.29 is 9.59 Å². The number of hydrogen-bond acceptors (Lipinski definition) is 4. The molecule has 6 nitrogen and oxygen atoms in total. The van der Waals surface area contributed by atoms with Crippen LogP contribution in [-0.4, -0.2) is 49.1 Å². The predicted molar refractivity (Wildman–Crippen MR) is 68.0 cm³/mol. The lowest BCUT2D eigenvalue weighted by atomic mass is 10.3. The Kier molecular flexibility index (Phi) is 7.53. The first-order chi connectivity index (χ1) is 7.61. The zero-order valence-corrected chi connectivity index (χ0v) is 10.5. The topological polar surface area (TPSA) is 87.5 Å². The Bertz CT molecular complexity index is 285. The molecule has 1 aliphatic heterocycles. The fourth-order valence-corrected chi connectivity index (χ4v) is 1.58. The summed E-state index contributed by atoms with van der Waals surface area (Å²) in [5, 5.41) is 4.70. The van der Waals surface area contributed by atoms with Crippen LogP contribution in [0.1, 0.15) is 6.42 Å². The van der Waals surface area contributed by atoms with Crippen molar-refractivity contribution in [2.24, 2.45) is 5.73 Å². The molecule has 1 saturated heterocycles. The van der Waals surface area contributed by atoms with Gasteiger partial charge in [-0.05, 0) is 6.42 Å². The molecule has 0 aromatic rings. The quantitative estimate of drug-likeness (QED) is 0.594. The van der Waals surface area contributed by atoms with Gasteiger partial charge in [0.2, 0.25) is 5.91 Å². The van der Waals surface area contributed by atoms with Gasteiger partial charge in [-0.25, -0.2) is 4.79 Å². The molecule has 0 radical (unpaired) electrons. The average molecular weight is 263 g/mol. The highest BCUT2D eigenvalue weighted by atomic mass is 35.5. The normalized spacial score (nSPS) is 19.2. The first-order valence-electron chi connectivity index (χ1n) is 5.28. The molecule has 1 heterocycles. The van der Waals surface area contributed by atoms with Crippen LogP contribution in [-0.2, 0) is 4.79 Å². The maximum absolute atomic E-state index is 11.4. The minimum atomic E-state index is -0.492. The van der Waals surface area contributed by atoms with Gasteiger partial charge in [0.1, 0.15) is 0 Å². The van der Waals surface area contributed by atoms with Crippen LogP contribution in [0.2, 0.25) is 0 Å². The van der Waals surface area contributed by atoms with Crippen molar-refractivity contribution in [2.45, 2.75) is 12.5 Å². The molecule has 1 aliphatic rings. The lowest BCUT2D eigenvalue weighted by Crippen LogP contribution is -2.44. The average Bonchev–Trinajstić information content (AvgIpc) is 2.60. The molecule has 0 saturated carbocycles. The fraction of sp³-hybridized carbons (Fsp3) is 0.600. The van der Waals surface area contributed by atoms with E-state index in [0.29, 0.717) is 13.1 Å². The molecule has 98 valence electrons. The number of rotatable bonds is 4. The number of imide groups is 1. The summed E-state index contributed by atoms with van der Waals surface area (Å²) in [5.74, 6) is -0.310. The Morgan fingerprint density at radius 1 is 1.53 bits per heavy atom. The van der Waals surface area contributed by atoms with Crippen molar-refractivity contribution in [3.05, 3.63) is 12.7 Å². The van der Waals surface area contributed by atoms with E-state index in [1.54, 1.807) is 6.08 Å². The molecule has 1 rings (SSSR count). The maximum atomic E-state index is 11.4. The molecule has 4 N–H and O–H groups in total. The van der Waals surface area contributed by atoms with E-state index in [4.69, 9.17) is 5.73 Å². The third-order valence-electron chi connectivity index (χ3n) is 2.34. The van der Waals surface area contributed by atoms with Gasteiger partial charge < -0.3 is 11.1 Å². The third kappa shape index (κ3) is 6.25. The van der Waals surface area contributed by atoms with Gasteiger partial charge in [-0.15, -0.1) is 19.0 Å². The van der Waals surface area contributed by atoms with Crippen molar-refractivity contribution in [1.29, 1.82) is 0 Å². The van der Waals surface area contributed by atoms with Crippen LogP contribution in [0, 0.1) is 0 Å². The molecule has 0 aromatic carbocycles. The number of halogens is 1. The number of likely N-dealkylation sites (tertiary alicyclic amines) is 1. The van der Waals surface area contributed by atoms with E-state index in [-0.39, 0.29) is 30.9 Å². The van der Waals surface area contributed by atoms with E-state index in [1.165, 1.54) is 0 Å². The molecule has 0 spiro atoms. The SMILES string of the molecule is C=CCNC(=O)NC(=O)CN1CC[C@@H](N)C1.Cl. The summed E-state index contributed by atoms with van der Waals surface area (Å²) < 4.78 is 0. The Morgan fingerprint density at radius 3 is 2.76 bits per heavy atom. The summed E-state index contributed by atoms with van der Waals surface area (Å²) in [4.78, 5) is 24.4. The molecule has 17 heavy (non-hydrogen) atoms. The zero-order valence-electron chi connectivity index (χ0n) is 9.65. The lowest BCUT2D eigenvalue weighted by molar-refractivity contribution is -0.120. The second kappa shape index (κ2) is 8.05. The Labute approximate surface area is 107 Å². The standard InChI is InChI=1S/C10H18N4O2.ClH/c1-2-4-12-10(16)13-9(15)7-14-5-3-8(11)6-14;/h2,8H,1,3-7,11H2,(H2,12,13,15,16);1H/t8-;/m1./s1. The Balaban J connectivity index is 0.00000256. The van der Waals surface area contributed by atoms with Gasteiger partial charge in [-0.3, -0.25) is 15.0 Å². The molecule has 7 heteroatoms. The van der Waals surface area contributed by atoms with Crippen molar-refractivity contribution in [2.75, 3.05) is 26.2 Å². The number of carbonyl (C=O) groups excluding carboxylic acids is 2. The largest absolute Gasteiger partial charge is 0.334 e. The summed E-state index contributed by atoms with van der Waals surface area (Å²) >= 11 is 0. The molecular weight excluding hydrogens is 244 g/mol. The second-order valence-corrected chi connectivity index (χ2v) is 3.83. The molecule has 0 aromatic heterocycles. The van der Waals surface area contributed by atoms with Gasteiger partial charge in [0.25, 0.3) is 0 Å². The molecule has 3 amide bonds. The minimum Gasteiger partial charge on any atom is -0.334 e. The van der Waals surface area contributed by atoms with Crippen LogP contribution in [0.5, 0.6) is 0 Å². The van der Waals surface area contributed by atoms with Crippen LogP contribution in [0.25, 0.3) is 0 Å². The molecule has 0 unspecified atom stereocenters. The van der Waals surface area contributed by atoms with E-state index >= 15 is 0 Å². The number of nitrogens with zero attached hydrogens (tertiary/aromatic N) is 1. The van der Waals surface area contributed by atoms with Gasteiger partial charge in [-0.2, -0.15) is 0 Å². The highest BCUT2D eigenvalue weighted by Crippen LogP contribution is 2.05. The van der Waals surface area contributed by atoms with Gasteiger partial charge in [0, 0.05) is 25.7 Å². The number of carbonyl (C=O) groups is 2. The zero-order chi connectivity index (χ0) is 12.0. The number of hydrogen-bond donors (Lipinski definition) is 3. The first kappa shape index (κ1) is 15.9. The van der Waals surface area contributed by atoms with Gasteiger partial charge in [-0.1, -0.05) is 6.08 Å².